The number of ether oxygens (including phenoxy) is 2. The monoisotopic (exact) mass is 277 g/mol. The highest BCUT2D eigenvalue weighted by Gasteiger charge is 2.02. The first-order valence-electron chi connectivity index (χ1n) is 5.93. The number of rotatable bonds is 5. The van der Waals surface area contributed by atoms with Gasteiger partial charge in [-0.2, -0.15) is 0 Å². The van der Waals surface area contributed by atoms with Gasteiger partial charge in [0, 0.05) is 12.2 Å². The number of nitrogens with one attached hydrogen (secondary N) is 1. The van der Waals surface area contributed by atoms with E-state index in [1.807, 2.05) is 42.5 Å². The molecular weight excluding hydrogens is 262 g/mol. The summed E-state index contributed by atoms with van der Waals surface area (Å²) in [6.45, 7) is 0.704. The van der Waals surface area contributed by atoms with E-state index in [1.54, 1.807) is 14.2 Å². The summed E-state index contributed by atoms with van der Waals surface area (Å²) in [6.07, 6.45) is 0. The third kappa shape index (κ3) is 3.55. The van der Waals surface area contributed by atoms with Crippen LogP contribution in [0.15, 0.2) is 42.5 Å². The number of hydrogen-bond donors (Lipinski definition) is 1. The Hall–Kier alpha value is -1.87. The van der Waals surface area contributed by atoms with Crippen LogP contribution in [-0.4, -0.2) is 14.2 Å². The zero-order valence-electron chi connectivity index (χ0n) is 10.9. The third-order valence-corrected chi connectivity index (χ3v) is 3.10. The summed E-state index contributed by atoms with van der Waals surface area (Å²) in [7, 11) is 3.26. The van der Waals surface area contributed by atoms with E-state index >= 15 is 0 Å². The van der Waals surface area contributed by atoms with E-state index in [0.717, 1.165) is 17.0 Å². The van der Waals surface area contributed by atoms with Gasteiger partial charge in [0.25, 0.3) is 0 Å². The molecule has 0 spiro atoms. The first-order chi connectivity index (χ1) is 9.22. The molecule has 0 aromatic heterocycles. The third-order valence-electron chi connectivity index (χ3n) is 2.80. The highest BCUT2D eigenvalue weighted by molar-refractivity contribution is 6.32. The second-order valence-electron chi connectivity index (χ2n) is 4.05. The number of methoxy groups -OCH3 is 2. The molecule has 0 amide bonds. The molecule has 3 nitrogen and oxygen atoms in total. The van der Waals surface area contributed by atoms with Gasteiger partial charge in [-0.25, -0.2) is 0 Å². The average Bonchev–Trinajstić information content (AvgIpc) is 2.46. The van der Waals surface area contributed by atoms with Gasteiger partial charge in [-0.15, -0.1) is 0 Å². The number of hydrogen-bond acceptors (Lipinski definition) is 3. The fourth-order valence-electron chi connectivity index (χ4n) is 1.73. The molecule has 0 unspecified atom stereocenters. The van der Waals surface area contributed by atoms with Gasteiger partial charge in [-0.3, -0.25) is 0 Å². The molecular formula is C15H16ClNO2. The first kappa shape index (κ1) is 13.6. The molecule has 0 radical (unpaired) electrons. The summed E-state index contributed by atoms with van der Waals surface area (Å²) in [5.41, 5.74) is 2.13. The standard InChI is InChI=1S/C15H16ClNO2/c1-18-13-6-4-12(5-7-13)17-10-11-3-8-15(19-2)14(16)9-11/h3-9,17H,10H2,1-2H3. The molecule has 0 aliphatic carbocycles. The smallest absolute Gasteiger partial charge is 0.137 e. The molecule has 19 heavy (non-hydrogen) atoms. The Morgan fingerprint density at radius 2 is 1.74 bits per heavy atom. The molecule has 1 N–H and O–H groups in total. The van der Waals surface area contributed by atoms with Gasteiger partial charge in [0.15, 0.2) is 0 Å². The lowest BCUT2D eigenvalue weighted by atomic mass is 10.2. The van der Waals surface area contributed by atoms with Gasteiger partial charge >= 0.3 is 0 Å². The second kappa shape index (κ2) is 6.34. The van der Waals surface area contributed by atoms with Crippen molar-refractivity contribution in [2.75, 3.05) is 19.5 Å². The lowest BCUT2D eigenvalue weighted by molar-refractivity contribution is 0.414. The SMILES string of the molecule is COc1ccc(NCc2ccc(OC)c(Cl)c2)cc1. The summed E-state index contributed by atoms with van der Waals surface area (Å²) in [6, 6.07) is 13.5. The number of anilines is 1. The van der Waals surface area contributed by atoms with E-state index in [2.05, 4.69) is 5.32 Å². The minimum Gasteiger partial charge on any atom is -0.497 e. The van der Waals surface area contributed by atoms with Crippen LogP contribution in [0, 0.1) is 0 Å². The maximum absolute atomic E-state index is 6.08. The topological polar surface area (TPSA) is 30.5 Å². The van der Waals surface area contributed by atoms with Crippen LogP contribution in [0.5, 0.6) is 11.5 Å². The van der Waals surface area contributed by atoms with Crippen molar-refractivity contribution in [1.29, 1.82) is 0 Å². The Bertz CT molecular complexity index is 540. The van der Waals surface area contributed by atoms with Crippen molar-refractivity contribution in [3.63, 3.8) is 0 Å². The molecule has 0 saturated heterocycles. The van der Waals surface area contributed by atoms with E-state index in [0.29, 0.717) is 17.3 Å². The summed E-state index contributed by atoms with van der Waals surface area (Å²) >= 11 is 6.08. The van der Waals surface area contributed by atoms with Gasteiger partial charge < -0.3 is 14.8 Å². The summed E-state index contributed by atoms with van der Waals surface area (Å²) < 4.78 is 10.2. The molecule has 2 rings (SSSR count). The van der Waals surface area contributed by atoms with E-state index in [4.69, 9.17) is 21.1 Å². The Morgan fingerprint density at radius 3 is 2.32 bits per heavy atom. The normalized spacial score (nSPS) is 10.1. The van der Waals surface area contributed by atoms with Crippen LogP contribution in [0.25, 0.3) is 0 Å². The predicted octanol–water partition coefficient (Wildman–Crippen LogP) is 3.97. The molecule has 0 saturated carbocycles. The highest BCUT2D eigenvalue weighted by Crippen LogP contribution is 2.25. The summed E-state index contributed by atoms with van der Waals surface area (Å²) in [5, 5.41) is 3.94. The summed E-state index contributed by atoms with van der Waals surface area (Å²) in [4.78, 5) is 0. The lowest BCUT2D eigenvalue weighted by Gasteiger charge is -2.09. The van der Waals surface area contributed by atoms with Gasteiger partial charge in [0.05, 0.1) is 19.2 Å². The molecule has 0 bridgehead atoms. The van der Waals surface area contributed by atoms with Crippen LogP contribution in [0.1, 0.15) is 5.56 Å². The minimum absolute atomic E-state index is 0.622. The van der Waals surface area contributed by atoms with Gasteiger partial charge in [0.2, 0.25) is 0 Å². The molecule has 0 aliphatic rings. The number of halogens is 1. The fraction of sp³-hybridized carbons (Fsp3) is 0.200. The van der Waals surface area contributed by atoms with Gasteiger partial charge in [-0.1, -0.05) is 17.7 Å². The number of benzene rings is 2. The van der Waals surface area contributed by atoms with Crippen molar-refractivity contribution in [2.45, 2.75) is 6.54 Å². The van der Waals surface area contributed by atoms with Gasteiger partial charge in [-0.05, 0) is 42.0 Å². The van der Waals surface area contributed by atoms with Crippen LogP contribution >= 0.6 is 11.6 Å². The fourth-order valence-corrected chi connectivity index (χ4v) is 2.01. The van der Waals surface area contributed by atoms with Crippen LogP contribution in [0.2, 0.25) is 5.02 Å². The van der Waals surface area contributed by atoms with Crippen LogP contribution in [0.3, 0.4) is 0 Å². The van der Waals surface area contributed by atoms with E-state index in [1.165, 1.54) is 0 Å². The maximum atomic E-state index is 6.08. The molecule has 0 heterocycles. The predicted molar refractivity (Wildman–Crippen MR) is 78.3 cm³/mol. The van der Waals surface area contributed by atoms with Crippen LogP contribution < -0.4 is 14.8 Å². The van der Waals surface area contributed by atoms with Crippen LogP contribution in [-0.2, 0) is 6.54 Å². The summed E-state index contributed by atoms with van der Waals surface area (Å²) in [5.74, 6) is 1.54. The highest BCUT2D eigenvalue weighted by atomic mass is 35.5. The molecule has 0 fully saturated rings. The van der Waals surface area contributed by atoms with Crippen molar-refractivity contribution < 1.29 is 9.47 Å². The second-order valence-corrected chi connectivity index (χ2v) is 4.46. The van der Waals surface area contributed by atoms with Crippen molar-refractivity contribution >= 4 is 17.3 Å². The van der Waals surface area contributed by atoms with Crippen molar-refractivity contribution in [3.8, 4) is 11.5 Å². The Morgan fingerprint density at radius 1 is 1.00 bits per heavy atom. The largest absolute Gasteiger partial charge is 0.497 e. The van der Waals surface area contributed by atoms with Crippen molar-refractivity contribution in [3.05, 3.63) is 53.1 Å². The maximum Gasteiger partial charge on any atom is 0.137 e. The van der Waals surface area contributed by atoms with Crippen molar-refractivity contribution in [2.24, 2.45) is 0 Å². The van der Waals surface area contributed by atoms with E-state index < -0.39 is 0 Å². The quantitative estimate of drug-likeness (QED) is 0.897. The average molecular weight is 278 g/mol. The van der Waals surface area contributed by atoms with Crippen molar-refractivity contribution in [1.82, 2.24) is 0 Å². The molecule has 100 valence electrons. The van der Waals surface area contributed by atoms with Gasteiger partial charge in [0.1, 0.15) is 11.5 Å². The first-order valence-corrected chi connectivity index (χ1v) is 6.31. The zero-order valence-corrected chi connectivity index (χ0v) is 11.7. The lowest BCUT2D eigenvalue weighted by Crippen LogP contribution is -1.99. The van der Waals surface area contributed by atoms with Crippen LogP contribution in [0.4, 0.5) is 5.69 Å². The Kier molecular flexibility index (Phi) is 4.53. The molecule has 4 heteroatoms. The molecule has 2 aromatic rings. The Balaban J connectivity index is 1.99. The molecule has 0 atom stereocenters. The molecule has 0 aliphatic heterocycles. The Labute approximate surface area is 118 Å². The minimum atomic E-state index is 0.622. The van der Waals surface area contributed by atoms with E-state index in [-0.39, 0.29) is 0 Å². The molecule has 2 aromatic carbocycles. The zero-order chi connectivity index (χ0) is 13.7. The van der Waals surface area contributed by atoms with E-state index in [9.17, 15) is 0 Å².